The van der Waals surface area contributed by atoms with E-state index >= 15 is 0 Å². The molecule has 0 heterocycles. The molecule has 0 amide bonds. The van der Waals surface area contributed by atoms with Gasteiger partial charge in [-0.25, -0.2) is 9.13 Å². The molecule has 2 unspecified atom stereocenters. The van der Waals surface area contributed by atoms with Gasteiger partial charge in [0.15, 0.2) is 0 Å². The maximum Gasteiger partial charge on any atom is 0.376 e. The molecule has 8 heteroatoms. The van der Waals surface area contributed by atoms with E-state index in [4.69, 9.17) is 18.1 Å². The van der Waals surface area contributed by atoms with Crippen molar-refractivity contribution in [1.82, 2.24) is 0 Å². The van der Waals surface area contributed by atoms with E-state index in [0.29, 0.717) is 17.1 Å². The number of unbranched alkanes of at least 4 members (excludes halogenated alkanes) is 2. The van der Waals surface area contributed by atoms with Gasteiger partial charge in [-0.1, -0.05) is 49.6 Å². The molecule has 0 saturated heterocycles. The van der Waals surface area contributed by atoms with Crippen LogP contribution in [-0.2, 0) is 24.6 Å². The van der Waals surface area contributed by atoms with Gasteiger partial charge in [-0.05, 0) is 56.9 Å². The summed E-state index contributed by atoms with van der Waals surface area (Å²) in [7, 11) is -6.73. The third kappa shape index (κ3) is 8.08. The average molecular weight is 482 g/mol. The minimum absolute atomic E-state index is 0.265. The van der Waals surface area contributed by atoms with Crippen molar-refractivity contribution in [1.29, 1.82) is 0 Å². The molecule has 0 radical (unpaired) electrons. The van der Waals surface area contributed by atoms with E-state index in [1.807, 2.05) is 43.3 Å². The molecule has 0 fully saturated rings. The molecule has 0 aliphatic heterocycles. The van der Waals surface area contributed by atoms with E-state index in [-0.39, 0.29) is 13.2 Å². The van der Waals surface area contributed by atoms with E-state index in [2.05, 4.69) is 6.92 Å². The normalized spacial score (nSPS) is 15.1. The highest BCUT2D eigenvalue weighted by Gasteiger charge is 2.27. The Kier molecular flexibility index (Phi) is 10.0. The Bertz CT molecular complexity index is 939. The minimum Gasteiger partial charge on any atom is -0.424 e. The van der Waals surface area contributed by atoms with Gasteiger partial charge in [-0.15, -0.1) is 0 Å². The van der Waals surface area contributed by atoms with E-state index in [1.54, 1.807) is 13.8 Å². The van der Waals surface area contributed by atoms with E-state index in [0.717, 1.165) is 42.4 Å². The van der Waals surface area contributed by atoms with Gasteiger partial charge in [0.2, 0.25) is 0 Å². The van der Waals surface area contributed by atoms with Crippen molar-refractivity contribution >= 4 is 15.2 Å². The monoisotopic (exact) mass is 482 g/mol. The summed E-state index contributed by atoms with van der Waals surface area (Å²) in [6.45, 7) is 11.1. The number of rotatable bonds is 13. The highest BCUT2D eigenvalue weighted by molar-refractivity contribution is 7.53. The Labute approximate surface area is 192 Å². The van der Waals surface area contributed by atoms with Crippen LogP contribution in [-0.4, -0.2) is 26.5 Å². The number of aryl methyl sites for hydroxylation is 2. The van der Waals surface area contributed by atoms with Crippen LogP contribution in [0.2, 0.25) is 0 Å². The summed E-state index contributed by atoms with van der Waals surface area (Å²) < 4.78 is 48.5. The molecule has 0 bridgehead atoms. The fourth-order valence-electron chi connectivity index (χ4n) is 3.48. The molecule has 0 aromatic heterocycles. The van der Waals surface area contributed by atoms with E-state index in [9.17, 15) is 9.13 Å². The molecule has 2 rings (SSSR count). The molecule has 6 nitrogen and oxygen atoms in total. The lowest BCUT2D eigenvalue weighted by atomic mass is 9.98. The Morgan fingerprint density at radius 1 is 0.812 bits per heavy atom. The van der Waals surface area contributed by atoms with Gasteiger partial charge in [-0.3, -0.25) is 0 Å². The van der Waals surface area contributed by atoms with Gasteiger partial charge in [0.1, 0.15) is 11.5 Å². The zero-order valence-electron chi connectivity index (χ0n) is 20.1. The smallest absolute Gasteiger partial charge is 0.376 e. The maximum atomic E-state index is 12.9. The fraction of sp³-hybridized carbons (Fsp3) is 0.500. The van der Waals surface area contributed by atoms with Gasteiger partial charge in [0, 0.05) is 13.3 Å². The molecule has 0 aliphatic carbocycles. The van der Waals surface area contributed by atoms with Crippen molar-refractivity contribution < 1.29 is 27.2 Å². The van der Waals surface area contributed by atoms with Crippen LogP contribution < -0.4 is 9.05 Å². The van der Waals surface area contributed by atoms with E-state index < -0.39 is 15.2 Å². The van der Waals surface area contributed by atoms with Gasteiger partial charge in [0.25, 0.3) is 0 Å². The van der Waals surface area contributed by atoms with Crippen LogP contribution in [0.4, 0.5) is 0 Å². The van der Waals surface area contributed by atoms with Gasteiger partial charge >= 0.3 is 15.2 Å². The topological polar surface area (TPSA) is 71.1 Å². The van der Waals surface area contributed by atoms with Crippen LogP contribution in [0.25, 0.3) is 11.1 Å². The Balaban J connectivity index is 2.69. The molecule has 2 aromatic carbocycles. The molecule has 2 atom stereocenters. The maximum absolute atomic E-state index is 12.9. The third-order valence-electron chi connectivity index (χ3n) is 4.76. The predicted molar refractivity (Wildman–Crippen MR) is 131 cm³/mol. The van der Waals surface area contributed by atoms with Crippen LogP contribution in [0.15, 0.2) is 36.4 Å². The first kappa shape index (κ1) is 26.7. The highest BCUT2D eigenvalue weighted by Crippen LogP contribution is 2.53. The Morgan fingerprint density at radius 3 is 1.84 bits per heavy atom. The summed E-state index contributed by atoms with van der Waals surface area (Å²) in [5.74, 6) is 0.769. The molecule has 178 valence electrons. The first-order valence-corrected chi connectivity index (χ1v) is 15.2. The van der Waals surface area contributed by atoms with Gasteiger partial charge < -0.3 is 18.1 Å². The summed E-state index contributed by atoms with van der Waals surface area (Å²) in [5.41, 5.74) is 3.38. The zero-order chi connectivity index (χ0) is 23.8. The van der Waals surface area contributed by atoms with Gasteiger partial charge in [-0.2, -0.15) is 0 Å². The second kappa shape index (κ2) is 12.0. The summed E-state index contributed by atoms with van der Waals surface area (Å²) in [4.78, 5) is 0. The molecule has 2 aromatic rings. The molecular formula is C24H36O6P2. The second-order valence-corrected chi connectivity index (χ2v) is 11.8. The molecule has 32 heavy (non-hydrogen) atoms. The van der Waals surface area contributed by atoms with Crippen LogP contribution in [0.1, 0.15) is 51.2 Å². The van der Waals surface area contributed by atoms with Crippen molar-refractivity contribution in [2.24, 2.45) is 0 Å². The number of hydrogen-bond acceptors (Lipinski definition) is 6. The second-order valence-electron chi connectivity index (χ2n) is 7.85. The molecule has 0 saturated carbocycles. The SMILES string of the molecule is CCCCCc1cc(OP(C)(=O)OCC)c(-c2cccc(C)c2)c(OP(C)(=O)OCC)c1. The zero-order valence-corrected chi connectivity index (χ0v) is 21.8. The summed E-state index contributed by atoms with van der Waals surface area (Å²) in [6, 6.07) is 11.6. The highest BCUT2D eigenvalue weighted by atomic mass is 31.2. The standard InChI is InChI=1S/C24H36O6P2/c1-7-10-11-14-20-17-22(29-31(5,25)27-8-2)24(21-15-12-13-19(4)16-21)23(18-20)30-32(6,26)28-9-3/h12-13,15-18H,7-11,14H2,1-6H3. The van der Waals surface area contributed by atoms with Crippen LogP contribution in [0.5, 0.6) is 11.5 Å². The van der Waals surface area contributed by atoms with Crippen LogP contribution >= 0.6 is 15.2 Å². The van der Waals surface area contributed by atoms with Crippen molar-refractivity contribution in [3.8, 4) is 22.6 Å². The van der Waals surface area contributed by atoms with Crippen LogP contribution in [0, 0.1) is 6.92 Å². The lowest BCUT2D eigenvalue weighted by molar-refractivity contribution is 0.282. The molecule has 0 aliphatic rings. The Morgan fingerprint density at radius 2 is 1.38 bits per heavy atom. The number of hydrogen-bond donors (Lipinski definition) is 0. The molecular weight excluding hydrogens is 446 g/mol. The Hall–Kier alpha value is -1.58. The fourth-order valence-corrected chi connectivity index (χ4v) is 5.52. The number of benzene rings is 2. The third-order valence-corrected chi connectivity index (χ3v) is 7.27. The lowest BCUT2D eigenvalue weighted by Crippen LogP contribution is -2.03. The largest absolute Gasteiger partial charge is 0.424 e. The first-order chi connectivity index (χ1) is 15.1. The molecule has 0 spiro atoms. The molecule has 0 N–H and O–H groups in total. The van der Waals surface area contributed by atoms with Crippen molar-refractivity contribution in [3.05, 3.63) is 47.5 Å². The van der Waals surface area contributed by atoms with Crippen molar-refractivity contribution in [2.75, 3.05) is 26.5 Å². The van der Waals surface area contributed by atoms with Crippen molar-refractivity contribution in [3.63, 3.8) is 0 Å². The lowest BCUT2D eigenvalue weighted by Gasteiger charge is -2.23. The predicted octanol–water partition coefficient (Wildman–Crippen LogP) is 7.87. The van der Waals surface area contributed by atoms with Crippen LogP contribution in [0.3, 0.4) is 0 Å². The average Bonchev–Trinajstić information content (AvgIpc) is 2.67. The van der Waals surface area contributed by atoms with Crippen molar-refractivity contribution in [2.45, 2.75) is 53.4 Å². The van der Waals surface area contributed by atoms with E-state index in [1.165, 1.54) is 13.3 Å². The summed E-state index contributed by atoms with van der Waals surface area (Å²) in [5, 5.41) is 0. The quantitative estimate of drug-likeness (QED) is 0.214. The minimum atomic E-state index is -3.36. The summed E-state index contributed by atoms with van der Waals surface area (Å²) in [6.07, 6.45) is 3.96. The summed E-state index contributed by atoms with van der Waals surface area (Å²) >= 11 is 0. The van der Waals surface area contributed by atoms with Gasteiger partial charge in [0.05, 0.1) is 18.8 Å². The first-order valence-electron chi connectivity index (χ1n) is 11.2.